The van der Waals surface area contributed by atoms with E-state index in [0.29, 0.717) is 6.42 Å². The molecular weight excluding hydrogens is 270 g/mol. The van der Waals surface area contributed by atoms with Crippen LogP contribution in [0, 0.1) is 6.92 Å². The highest BCUT2D eigenvalue weighted by molar-refractivity contribution is 7.15. The molecule has 0 aliphatic heterocycles. The summed E-state index contributed by atoms with van der Waals surface area (Å²) in [5.41, 5.74) is 3.39. The van der Waals surface area contributed by atoms with Crippen LogP contribution in [0.2, 0.25) is 0 Å². The molecule has 2 aromatic rings. The summed E-state index contributed by atoms with van der Waals surface area (Å²) >= 11 is 1.63. The Morgan fingerprint density at radius 3 is 2.80 bits per heavy atom. The number of carboxylic acids is 1. The Morgan fingerprint density at radius 1 is 1.35 bits per heavy atom. The van der Waals surface area contributed by atoms with Gasteiger partial charge in [0.05, 0.1) is 12.1 Å². The van der Waals surface area contributed by atoms with Gasteiger partial charge in [0, 0.05) is 10.4 Å². The van der Waals surface area contributed by atoms with Crippen LogP contribution in [0.5, 0.6) is 0 Å². The Balaban J connectivity index is 2.30. The van der Waals surface area contributed by atoms with Crippen molar-refractivity contribution in [2.24, 2.45) is 0 Å². The van der Waals surface area contributed by atoms with E-state index in [2.05, 4.69) is 32.0 Å². The molecule has 0 fully saturated rings. The molecule has 1 aromatic carbocycles. The predicted octanol–water partition coefficient (Wildman–Crippen LogP) is 4.09. The normalized spacial score (nSPS) is 10.7. The van der Waals surface area contributed by atoms with E-state index in [1.54, 1.807) is 11.3 Å². The minimum absolute atomic E-state index is 0.173. The van der Waals surface area contributed by atoms with E-state index < -0.39 is 5.97 Å². The number of hydrogen-bond donors (Lipinski definition) is 1. The Kier molecular flexibility index (Phi) is 4.90. The topological polar surface area (TPSA) is 50.2 Å². The average Bonchev–Trinajstić information content (AvgIpc) is 2.80. The highest BCUT2D eigenvalue weighted by Gasteiger charge is 2.13. The maximum atomic E-state index is 10.7. The zero-order valence-electron chi connectivity index (χ0n) is 11.8. The van der Waals surface area contributed by atoms with Crippen LogP contribution in [0.3, 0.4) is 0 Å². The number of aromatic nitrogens is 1. The number of aryl methyl sites for hydroxylation is 3. The second-order valence-corrected chi connectivity index (χ2v) is 5.99. The van der Waals surface area contributed by atoms with Gasteiger partial charge in [0.2, 0.25) is 0 Å². The van der Waals surface area contributed by atoms with Gasteiger partial charge in [0.1, 0.15) is 5.01 Å². The van der Waals surface area contributed by atoms with Crippen LogP contribution in [0.4, 0.5) is 0 Å². The van der Waals surface area contributed by atoms with Gasteiger partial charge in [-0.2, -0.15) is 0 Å². The molecule has 0 spiro atoms. The average molecular weight is 289 g/mol. The first-order chi connectivity index (χ1) is 9.60. The molecule has 2 rings (SSSR count). The molecule has 20 heavy (non-hydrogen) atoms. The van der Waals surface area contributed by atoms with Crippen molar-refractivity contribution >= 4 is 17.3 Å². The molecule has 106 valence electrons. The van der Waals surface area contributed by atoms with Gasteiger partial charge in [0.15, 0.2) is 0 Å². The van der Waals surface area contributed by atoms with Crippen LogP contribution in [0.15, 0.2) is 24.3 Å². The first-order valence-corrected chi connectivity index (χ1v) is 7.69. The van der Waals surface area contributed by atoms with Crippen molar-refractivity contribution < 1.29 is 9.90 Å². The summed E-state index contributed by atoms with van der Waals surface area (Å²) in [6.45, 7) is 4.18. The van der Waals surface area contributed by atoms with Gasteiger partial charge in [-0.3, -0.25) is 4.79 Å². The molecule has 0 saturated carbocycles. The molecule has 0 aliphatic carbocycles. The van der Waals surface area contributed by atoms with Crippen molar-refractivity contribution in [3.63, 3.8) is 0 Å². The summed E-state index contributed by atoms with van der Waals surface area (Å²) < 4.78 is 0. The molecule has 1 N–H and O–H groups in total. The number of thiazole rings is 1. The lowest BCUT2D eigenvalue weighted by Crippen LogP contribution is -1.98. The van der Waals surface area contributed by atoms with Crippen molar-refractivity contribution in [1.82, 2.24) is 4.98 Å². The highest BCUT2D eigenvalue weighted by atomic mass is 32.1. The van der Waals surface area contributed by atoms with Gasteiger partial charge in [-0.15, -0.1) is 11.3 Å². The Morgan fingerprint density at radius 2 is 2.15 bits per heavy atom. The molecule has 0 amide bonds. The molecule has 0 aliphatic rings. The first-order valence-electron chi connectivity index (χ1n) is 6.87. The third-order valence-corrected chi connectivity index (χ3v) is 4.30. The maximum absolute atomic E-state index is 10.7. The number of rotatable bonds is 6. The highest BCUT2D eigenvalue weighted by Crippen LogP contribution is 2.30. The lowest BCUT2D eigenvalue weighted by atomic mass is 10.1. The molecule has 0 radical (unpaired) electrons. The van der Waals surface area contributed by atoms with Crippen LogP contribution in [-0.2, 0) is 17.6 Å². The van der Waals surface area contributed by atoms with Gasteiger partial charge in [0.25, 0.3) is 0 Å². The Bertz CT molecular complexity index is 604. The number of nitrogens with zero attached hydrogens (tertiary/aromatic N) is 1. The number of carbonyl (C=O) groups is 1. The van der Waals surface area contributed by atoms with E-state index in [9.17, 15) is 4.79 Å². The lowest BCUT2D eigenvalue weighted by Gasteiger charge is -1.97. The maximum Gasteiger partial charge on any atom is 0.303 e. The Hall–Kier alpha value is -1.68. The fraction of sp³-hybridized carbons (Fsp3) is 0.375. The van der Waals surface area contributed by atoms with Crippen molar-refractivity contribution in [2.45, 2.75) is 39.5 Å². The molecule has 0 unspecified atom stereocenters. The van der Waals surface area contributed by atoms with Gasteiger partial charge < -0.3 is 5.11 Å². The van der Waals surface area contributed by atoms with E-state index >= 15 is 0 Å². The minimum Gasteiger partial charge on any atom is -0.481 e. The fourth-order valence-corrected chi connectivity index (χ4v) is 3.24. The van der Waals surface area contributed by atoms with Gasteiger partial charge in [-0.25, -0.2) is 4.98 Å². The first kappa shape index (κ1) is 14.7. The molecule has 4 heteroatoms. The summed E-state index contributed by atoms with van der Waals surface area (Å²) in [5.74, 6) is -0.752. The largest absolute Gasteiger partial charge is 0.481 e. The van der Waals surface area contributed by atoms with E-state index in [1.807, 2.05) is 6.07 Å². The van der Waals surface area contributed by atoms with E-state index in [1.165, 1.54) is 5.56 Å². The number of carboxylic acid groups (broad SMARTS) is 1. The smallest absolute Gasteiger partial charge is 0.303 e. The number of benzene rings is 1. The van der Waals surface area contributed by atoms with Crippen LogP contribution in [0.25, 0.3) is 10.6 Å². The molecule has 1 heterocycles. The van der Waals surface area contributed by atoms with Crippen LogP contribution in [-0.4, -0.2) is 16.1 Å². The Labute approximate surface area is 123 Å². The van der Waals surface area contributed by atoms with E-state index in [-0.39, 0.29) is 6.42 Å². The van der Waals surface area contributed by atoms with Crippen molar-refractivity contribution in [3.8, 4) is 10.6 Å². The van der Waals surface area contributed by atoms with E-state index in [4.69, 9.17) is 10.1 Å². The van der Waals surface area contributed by atoms with Crippen molar-refractivity contribution in [1.29, 1.82) is 0 Å². The van der Waals surface area contributed by atoms with Crippen molar-refractivity contribution in [2.75, 3.05) is 0 Å². The van der Waals surface area contributed by atoms with E-state index in [0.717, 1.165) is 34.0 Å². The zero-order valence-corrected chi connectivity index (χ0v) is 12.7. The summed E-state index contributed by atoms with van der Waals surface area (Å²) in [7, 11) is 0. The molecule has 1 aromatic heterocycles. The van der Waals surface area contributed by atoms with Crippen molar-refractivity contribution in [3.05, 3.63) is 40.4 Å². The van der Waals surface area contributed by atoms with Gasteiger partial charge >= 0.3 is 5.97 Å². The second-order valence-electron chi connectivity index (χ2n) is 4.90. The summed E-state index contributed by atoms with van der Waals surface area (Å²) in [6.07, 6.45) is 2.69. The summed E-state index contributed by atoms with van der Waals surface area (Å²) in [5, 5.41) is 9.84. The standard InChI is InChI=1S/C16H19NO2S/c1-3-5-13-14(8-9-15(18)19)20-16(17-13)12-7-4-6-11(2)10-12/h4,6-7,10H,3,5,8-9H2,1-2H3,(H,18,19). The molecule has 3 nitrogen and oxygen atoms in total. The second kappa shape index (κ2) is 6.66. The minimum atomic E-state index is -0.752. The summed E-state index contributed by atoms with van der Waals surface area (Å²) in [4.78, 5) is 16.6. The third-order valence-electron chi connectivity index (χ3n) is 3.10. The summed E-state index contributed by atoms with van der Waals surface area (Å²) in [6, 6.07) is 8.27. The molecule has 0 bridgehead atoms. The molecule has 0 atom stereocenters. The zero-order chi connectivity index (χ0) is 14.5. The molecular formula is C16H19NO2S. The predicted molar refractivity (Wildman–Crippen MR) is 82.2 cm³/mol. The number of hydrogen-bond acceptors (Lipinski definition) is 3. The third kappa shape index (κ3) is 3.67. The van der Waals surface area contributed by atoms with Crippen LogP contribution in [0.1, 0.15) is 35.9 Å². The number of aliphatic carboxylic acids is 1. The monoisotopic (exact) mass is 289 g/mol. The van der Waals surface area contributed by atoms with Gasteiger partial charge in [-0.05, 0) is 25.8 Å². The van der Waals surface area contributed by atoms with Crippen LogP contribution >= 0.6 is 11.3 Å². The SMILES string of the molecule is CCCc1nc(-c2cccc(C)c2)sc1CCC(=O)O. The molecule has 0 saturated heterocycles. The lowest BCUT2D eigenvalue weighted by molar-refractivity contribution is -0.136. The van der Waals surface area contributed by atoms with Crippen LogP contribution < -0.4 is 0 Å². The quantitative estimate of drug-likeness (QED) is 0.871. The fourth-order valence-electron chi connectivity index (χ4n) is 2.13. The van der Waals surface area contributed by atoms with Gasteiger partial charge in [-0.1, -0.05) is 37.1 Å².